The standard InChI is InChI=1S/C12H18BrN5O2S/c1-3-17-8-11(7-14-17)21(19,20)15-5-4-6-18-9-12(13)10(2)16-18/h7-9,15H,3-6H2,1-2H3. The fourth-order valence-electron chi connectivity index (χ4n) is 1.80. The average Bonchev–Trinajstić information content (AvgIpc) is 3.03. The van der Waals surface area contributed by atoms with Crippen LogP contribution in [0.15, 0.2) is 28.0 Å². The van der Waals surface area contributed by atoms with Gasteiger partial charge in [0.2, 0.25) is 10.0 Å². The molecule has 0 fully saturated rings. The highest BCUT2D eigenvalue weighted by Gasteiger charge is 2.15. The molecule has 0 aromatic carbocycles. The lowest BCUT2D eigenvalue weighted by Crippen LogP contribution is -2.25. The molecule has 0 saturated carbocycles. The highest BCUT2D eigenvalue weighted by atomic mass is 79.9. The van der Waals surface area contributed by atoms with Crippen molar-refractivity contribution >= 4 is 26.0 Å². The molecule has 0 spiro atoms. The summed E-state index contributed by atoms with van der Waals surface area (Å²) in [5.74, 6) is 0. The summed E-state index contributed by atoms with van der Waals surface area (Å²) in [6.45, 7) is 5.47. The normalized spacial score (nSPS) is 12.0. The highest BCUT2D eigenvalue weighted by molar-refractivity contribution is 9.10. The van der Waals surface area contributed by atoms with Crippen molar-refractivity contribution in [2.75, 3.05) is 6.54 Å². The van der Waals surface area contributed by atoms with E-state index < -0.39 is 10.0 Å². The lowest BCUT2D eigenvalue weighted by atomic mass is 10.4. The summed E-state index contributed by atoms with van der Waals surface area (Å²) >= 11 is 3.39. The van der Waals surface area contributed by atoms with Crippen LogP contribution in [0.4, 0.5) is 0 Å². The van der Waals surface area contributed by atoms with Crippen molar-refractivity contribution in [1.29, 1.82) is 0 Å². The minimum absolute atomic E-state index is 0.196. The Labute approximate surface area is 132 Å². The van der Waals surface area contributed by atoms with Crippen LogP contribution < -0.4 is 4.72 Å². The maximum Gasteiger partial charge on any atom is 0.243 e. The Morgan fingerprint density at radius 2 is 2.10 bits per heavy atom. The molecule has 0 aliphatic heterocycles. The van der Waals surface area contributed by atoms with Gasteiger partial charge in [-0.3, -0.25) is 9.36 Å². The summed E-state index contributed by atoms with van der Waals surface area (Å²) < 4.78 is 31.0. The molecule has 116 valence electrons. The summed E-state index contributed by atoms with van der Waals surface area (Å²) in [5.41, 5.74) is 0.919. The van der Waals surface area contributed by atoms with Crippen LogP contribution in [0.3, 0.4) is 0 Å². The van der Waals surface area contributed by atoms with Crippen LogP contribution in [0, 0.1) is 6.92 Å². The van der Waals surface area contributed by atoms with E-state index in [4.69, 9.17) is 0 Å². The zero-order chi connectivity index (χ0) is 15.5. The Bertz CT molecular complexity index is 688. The molecule has 2 heterocycles. The minimum atomic E-state index is -3.48. The molecule has 21 heavy (non-hydrogen) atoms. The van der Waals surface area contributed by atoms with Gasteiger partial charge in [0.05, 0.1) is 16.4 Å². The van der Waals surface area contributed by atoms with Crippen LogP contribution in [0.5, 0.6) is 0 Å². The lowest BCUT2D eigenvalue weighted by molar-refractivity contribution is 0.551. The molecule has 0 radical (unpaired) electrons. The molecular formula is C12H18BrN5O2S. The van der Waals surface area contributed by atoms with Crippen LogP contribution in [0.1, 0.15) is 19.0 Å². The number of sulfonamides is 1. The molecule has 1 N–H and O–H groups in total. The van der Waals surface area contributed by atoms with E-state index in [9.17, 15) is 8.42 Å². The number of rotatable bonds is 7. The molecule has 2 aromatic heterocycles. The highest BCUT2D eigenvalue weighted by Crippen LogP contribution is 2.13. The van der Waals surface area contributed by atoms with Crippen molar-refractivity contribution in [2.45, 2.75) is 38.3 Å². The molecule has 0 atom stereocenters. The number of aryl methyl sites for hydroxylation is 3. The maximum atomic E-state index is 12.0. The predicted octanol–water partition coefficient (Wildman–Crippen LogP) is 1.54. The topological polar surface area (TPSA) is 81.8 Å². The molecule has 2 aromatic rings. The van der Waals surface area contributed by atoms with Gasteiger partial charge in [-0.05, 0) is 36.2 Å². The molecule has 0 aliphatic rings. The molecule has 0 unspecified atom stereocenters. The Kier molecular flexibility index (Phi) is 5.17. The van der Waals surface area contributed by atoms with Gasteiger partial charge in [0.25, 0.3) is 0 Å². The van der Waals surface area contributed by atoms with Gasteiger partial charge in [0, 0.05) is 32.0 Å². The third kappa shape index (κ3) is 4.14. The van der Waals surface area contributed by atoms with Crippen molar-refractivity contribution in [3.8, 4) is 0 Å². The van der Waals surface area contributed by atoms with E-state index in [1.807, 2.05) is 20.0 Å². The zero-order valence-corrected chi connectivity index (χ0v) is 14.4. The lowest BCUT2D eigenvalue weighted by Gasteiger charge is -2.05. The van der Waals surface area contributed by atoms with E-state index in [0.29, 0.717) is 26.1 Å². The van der Waals surface area contributed by atoms with E-state index in [2.05, 4.69) is 30.8 Å². The summed E-state index contributed by atoms with van der Waals surface area (Å²) in [6.07, 6.45) is 5.43. The second-order valence-electron chi connectivity index (χ2n) is 4.61. The number of nitrogens with one attached hydrogen (secondary N) is 1. The number of hydrogen-bond donors (Lipinski definition) is 1. The molecular weight excluding hydrogens is 358 g/mol. The first-order valence-corrected chi connectivity index (χ1v) is 8.91. The summed E-state index contributed by atoms with van der Waals surface area (Å²) in [7, 11) is -3.48. The van der Waals surface area contributed by atoms with Crippen LogP contribution in [0.25, 0.3) is 0 Å². The first-order chi connectivity index (χ1) is 9.92. The molecule has 9 heteroatoms. The summed E-state index contributed by atoms with van der Waals surface area (Å²) in [4.78, 5) is 0.196. The van der Waals surface area contributed by atoms with Crippen molar-refractivity contribution in [1.82, 2.24) is 24.3 Å². The molecule has 2 rings (SSSR count). The average molecular weight is 376 g/mol. The van der Waals surface area contributed by atoms with Gasteiger partial charge in [-0.15, -0.1) is 0 Å². The SMILES string of the molecule is CCn1cc(S(=O)(=O)NCCCn2cc(Br)c(C)n2)cn1. The fraction of sp³-hybridized carbons (Fsp3) is 0.500. The van der Waals surface area contributed by atoms with Gasteiger partial charge in [0.1, 0.15) is 4.90 Å². The number of aromatic nitrogens is 4. The first kappa shape index (κ1) is 16.2. The van der Waals surface area contributed by atoms with E-state index in [-0.39, 0.29) is 4.90 Å². The molecule has 7 nitrogen and oxygen atoms in total. The monoisotopic (exact) mass is 375 g/mol. The second kappa shape index (κ2) is 6.71. The van der Waals surface area contributed by atoms with Crippen molar-refractivity contribution in [3.05, 3.63) is 28.8 Å². The third-order valence-corrected chi connectivity index (χ3v) is 5.18. The fourth-order valence-corrected chi connectivity index (χ4v) is 3.14. The van der Waals surface area contributed by atoms with Gasteiger partial charge in [0.15, 0.2) is 0 Å². The van der Waals surface area contributed by atoms with E-state index in [1.165, 1.54) is 12.4 Å². The zero-order valence-electron chi connectivity index (χ0n) is 12.0. The number of halogens is 1. The first-order valence-electron chi connectivity index (χ1n) is 6.64. The van der Waals surface area contributed by atoms with E-state index in [1.54, 1.807) is 9.36 Å². The minimum Gasteiger partial charge on any atom is -0.272 e. The van der Waals surface area contributed by atoms with Crippen LogP contribution in [-0.2, 0) is 23.1 Å². The van der Waals surface area contributed by atoms with Gasteiger partial charge < -0.3 is 0 Å². The van der Waals surface area contributed by atoms with Gasteiger partial charge in [-0.1, -0.05) is 0 Å². The third-order valence-electron chi connectivity index (χ3n) is 2.99. The van der Waals surface area contributed by atoms with Crippen molar-refractivity contribution in [2.24, 2.45) is 0 Å². The van der Waals surface area contributed by atoms with Crippen LogP contribution in [-0.4, -0.2) is 34.5 Å². The van der Waals surface area contributed by atoms with Gasteiger partial charge >= 0.3 is 0 Å². The molecule has 0 saturated heterocycles. The van der Waals surface area contributed by atoms with E-state index in [0.717, 1.165) is 10.2 Å². The number of hydrogen-bond acceptors (Lipinski definition) is 4. The molecule has 0 bridgehead atoms. The maximum absolute atomic E-state index is 12.0. The Morgan fingerprint density at radius 3 is 2.67 bits per heavy atom. The molecule has 0 amide bonds. The Balaban J connectivity index is 1.84. The van der Waals surface area contributed by atoms with Gasteiger partial charge in [-0.2, -0.15) is 10.2 Å². The smallest absolute Gasteiger partial charge is 0.243 e. The van der Waals surface area contributed by atoms with Crippen molar-refractivity contribution in [3.63, 3.8) is 0 Å². The second-order valence-corrected chi connectivity index (χ2v) is 7.23. The predicted molar refractivity (Wildman–Crippen MR) is 82.4 cm³/mol. The van der Waals surface area contributed by atoms with Crippen LogP contribution >= 0.6 is 15.9 Å². The van der Waals surface area contributed by atoms with Crippen molar-refractivity contribution < 1.29 is 8.42 Å². The van der Waals surface area contributed by atoms with Crippen LogP contribution in [0.2, 0.25) is 0 Å². The summed E-state index contributed by atoms with van der Waals surface area (Å²) in [6, 6.07) is 0. The Morgan fingerprint density at radius 1 is 1.33 bits per heavy atom. The number of nitrogens with zero attached hydrogens (tertiary/aromatic N) is 4. The Hall–Kier alpha value is -1.19. The quantitative estimate of drug-likeness (QED) is 0.744. The molecule has 0 aliphatic carbocycles. The van der Waals surface area contributed by atoms with Gasteiger partial charge in [-0.25, -0.2) is 13.1 Å². The summed E-state index contributed by atoms with van der Waals surface area (Å²) in [5, 5.41) is 8.26. The largest absolute Gasteiger partial charge is 0.272 e. The van der Waals surface area contributed by atoms with E-state index >= 15 is 0 Å².